The second kappa shape index (κ2) is 8.26. The molecule has 1 fully saturated rings. The molecule has 0 radical (unpaired) electrons. The van der Waals surface area contributed by atoms with Gasteiger partial charge in [-0.15, -0.1) is 0 Å². The number of nitrogens with zero attached hydrogens (tertiary/aromatic N) is 1. The normalized spacial score (nSPS) is 22.7. The maximum Gasteiger partial charge on any atom is 0.00499 e. The topological polar surface area (TPSA) is 15.3 Å². The van der Waals surface area contributed by atoms with Crippen LogP contribution in [0.2, 0.25) is 0 Å². The Hall–Kier alpha value is -0.0800. The van der Waals surface area contributed by atoms with Gasteiger partial charge < -0.3 is 10.2 Å². The third-order valence-electron chi connectivity index (χ3n) is 5.05. The van der Waals surface area contributed by atoms with Crippen molar-refractivity contribution >= 4 is 0 Å². The van der Waals surface area contributed by atoms with Crippen LogP contribution in [-0.4, -0.2) is 37.1 Å². The predicted octanol–water partition coefficient (Wildman–Crippen LogP) is 3.91. The average Bonchev–Trinajstić information content (AvgIpc) is 2.59. The molecule has 0 aliphatic carbocycles. The molecule has 0 spiro atoms. The summed E-state index contributed by atoms with van der Waals surface area (Å²) < 4.78 is 0. The quantitative estimate of drug-likeness (QED) is 0.753. The summed E-state index contributed by atoms with van der Waals surface area (Å²) in [5.41, 5.74) is 0.470. The van der Waals surface area contributed by atoms with E-state index >= 15 is 0 Å². The SMILES string of the molecule is CCC(CC)(CNC(C)C)CN1CCCC(C)CC1. The van der Waals surface area contributed by atoms with Crippen LogP contribution in [0.1, 0.15) is 66.7 Å². The minimum absolute atomic E-state index is 0.470. The fourth-order valence-electron chi connectivity index (χ4n) is 3.16. The van der Waals surface area contributed by atoms with Crippen molar-refractivity contribution in [1.82, 2.24) is 10.2 Å². The van der Waals surface area contributed by atoms with E-state index < -0.39 is 0 Å². The van der Waals surface area contributed by atoms with E-state index in [9.17, 15) is 0 Å². The summed E-state index contributed by atoms with van der Waals surface area (Å²) in [6, 6.07) is 0.599. The number of likely N-dealkylation sites (tertiary alicyclic amines) is 1. The molecule has 19 heavy (non-hydrogen) atoms. The lowest BCUT2D eigenvalue weighted by Gasteiger charge is -2.38. The highest BCUT2D eigenvalue weighted by Gasteiger charge is 2.29. The van der Waals surface area contributed by atoms with Crippen LogP contribution in [0.25, 0.3) is 0 Å². The van der Waals surface area contributed by atoms with E-state index in [2.05, 4.69) is 44.8 Å². The fraction of sp³-hybridized carbons (Fsp3) is 1.00. The van der Waals surface area contributed by atoms with E-state index in [0.29, 0.717) is 11.5 Å². The molecule has 2 nitrogen and oxygen atoms in total. The third-order valence-corrected chi connectivity index (χ3v) is 5.05. The molecule has 1 heterocycles. The first kappa shape index (κ1) is 17.0. The molecular formula is C17H36N2. The summed E-state index contributed by atoms with van der Waals surface area (Å²) in [5.74, 6) is 0.927. The van der Waals surface area contributed by atoms with Gasteiger partial charge in [-0.3, -0.25) is 0 Å². The van der Waals surface area contributed by atoms with Gasteiger partial charge in [-0.2, -0.15) is 0 Å². The van der Waals surface area contributed by atoms with Crippen LogP contribution in [0.15, 0.2) is 0 Å². The zero-order valence-corrected chi connectivity index (χ0v) is 14.0. The van der Waals surface area contributed by atoms with Crippen LogP contribution in [0.3, 0.4) is 0 Å². The molecule has 1 saturated heterocycles. The molecule has 1 unspecified atom stereocenters. The van der Waals surface area contributed by atoms with Crippen LogP contribution >= 0.6 is 0 Å². The van der Waals surface area contributed by atoms with E-state index in [1.807, 2.05) is 0 Å². The van der Waals surface area contributed by atoms with Gasteiger partial charge in [-0.25, -0.2) is 0 Å². The molecule has 0 bridgehead atoms. The monoisotopic (exact) mass is 268 g/mol. The second-order valence-corrected chi connectivity index (χ2v) is 7.05. The minimum atomic E-state index is 0.470. The zero-order valence-electron chi connectivity index (χ0n) is 14.0. The van der Waals surface area contributed by atoms with Gasteiger partial charge in [0.05, 0.1) is 0 Å². The second-order valence-electron chi connectivity index (χ2n) is 7.05. The van der Waals surface area contributed by atoms with Gasteiger partial charge >= 0.3 is 0 Å². The molecule has 0 saturated carbocycles. The first-order valence-corrected chi connectivity index (χ1v) is 8.47. The van der Waals surface area contributed by atoms with Crippen molar-refractivity contribution in [3.05, 3.63) is 0 Å². The highest BCUT2D eigenvalue weighted by Crippen LogP contribution is 2.29. The molecule has 1 aliphatic rings. The van der Waals surface area contributed by atoms with E-state index in [-0.39, 0.29) is 0 Å². The number of hydrogen-bond acceptors (Lipinski definition) is 2. The molecule has 1 atom stereocenters. The standard InChI is InChI=1S/C17H36N2/c1-6-17(7-2,13-18-15(3)4)14-19-11-8-9-16(5)10-12-19/h15-16,18H,6-14H2,1-5H3. The van der Waals surface area contributed by atoms with Crippen molar-refractivity contribution < 1.29 is 0 Å². The van der Waals surface area contributed by atoms with Crippen molar-refractivity contribution in [1.29, 1.82) is 0 Å². The lowest BCUT2D eigenvalue weighted by Crippen LogP contribution is -2.45. The van der Waals surface area contributed by atoms with Gasteiger partial charge in [-0.1, -0.05) is 34.6 Å². The summed E-state index contributed by atoms with van der Waals surface area (Å²) in [5, 5.41) is 3.68. The van der Waals surface area contributed by atoms with Crippen LogP contribution in [0.4, 0.5) is 0 Å². The zero-order chi connectivity index (χ0) is 14.3. The van der Waals surface area contributed by atoms with Crippen molar-refractivity contribution in [2.75, 3.05) is 26.2 Å². The molecule has 114 valence electrons. The average molecular weight is 268 g/mol. The van der Waals surface area contributed by atoms with E-state index in [0.717, 1.165) is 5.92 Å². The van der Waals surface area contributed by atoms with Crippen molar-refractivity contribution in [3.8, 4) is 0 Å². The minimum Gasteiger partial charge on any atom is -0.314 e. The van der Waals surface area contributed by atoms with E-state index in [1.54, 1.807) is 0 Å². The Morgan fingerprint density at radius 1 is 1.16 bits per heavy atom. The molecule has 1 rings (SSSR count). The van der Waals surface area contributed by atoms with Crippen molar-refractivity contribution in [3.63, 3.8) is 0 Å². The predicted molar refractivity (Wildman–Crippen MR) is 85.6 cm³/mol. The maximum atomic E-state index is 3.68. The molecule has 0 aromatic rings. The molecular weight excluding hydrogens is 232 g/mol. The summed E-state index contributed by atoms with van der Waals surface area (Å²) in [7, 11) is 0. The highest BCUT2D eigenvalue weighted by molar-refractivity contribution is 4.84. The van der Waals surface area contributed by atoms with Gasteiger partial charge in [0.25, 0.3) is 0 Å². The molecule has 0 aromatic heterocycles. The van der Waals surface area contributed by atoms with Crippen molar-refractivity contribution in [2.45, 2.75) is 72.8 Å². The Labute approximate surface area is 121 Å². The number of nitrogens with one attached hydrogen (secondary N) is 1. The number of hydrogen-bond donors (Lipinski definition) is 1. The van der Waals surface area contributed by atoms with Crippen molar-refractivity contribution in [2.24, 2.45) is 11.3 Å². The van der Waals surface area contributed by atoms with Gasteiger partial charge in [0.2, 0.25) is 0 Å². The molecule has 0 amide bonds. The Morgan fingerprint density at radius 3 is 2.42 bits per heavy atom. The lowest BCUT2D eigenvalue weighted by molar-refractivity contribution is 0.134. The smallest absolute Gasteiger partial charge is 0.00499 e. The Kier molecular flexibility index (Phi) is 7.38. The molecule has 1 aliphatic heterocycles. The van der Waals surface area contributed by atoms with Gasteiger partial charge in [0.1, 0.15) is 0 Å². The highest BCUT2D eigenvalue weighted by atomic mass is 15.1. The fourth-order valence-corrected chi connectivity index (χ4v) is 3.16. The first-order valence-electron chi connectivity index (χ1n) is 8.47. The molecule has 1 N–H and O–H groups in total. The Balaban J connectivity index is 2.55. The van der Waals surface area contributed by atoms with Gasteiger partial charge in [0.15, 0.2) is 0 Å². The third kappa shape index (κ3) is 5.83. The van der Waals surface area contributed by atoms with Gasteiger partial charge in [0, 0.05) is 19.1 Å². The number of rotatable bonds is 7. The first-order chi connectivity index (χ1) is 9.01. The Morgan fingerprint density at radius 2 is 1.84 bits per heavy atom. The maximum absolute atomic E-state index is 3.68. The van der Waals surface area contributed by atoms with Crippen LogP contribution in [-0.2, 0) is 0 Å². The van der Waals surface area contributed by atoms with E-state index in [4.69, 9.17) is 0 Å². The van der Waals surface area contributed by atoms with Crippen LogP contribution < -0.4 is 5.32 Å². The molecule has 2 heteroatoms. The molecule has 0 aromatic carbocycles. The summed E-state index contributed by atoms with van der Waals surface area (Å²) in [6.07, 6.45) is 6.78. The Bertz CT molecular complexity index is 233. The van der Waals surface area contributed by atoms with E-state index in [1.165, 1.54) is 58.3 Å². The summed E-state index contributed by atoms with van der Waals surface area (Å²) >= 11 is 0. The summed E-state index contributed by atoms with van der Waals surface area (Å²) in [6.45, 7) is 16.7. The lowest BCUT2D eigenvalue weighted by atomic mass is 9.81. The summed E-state index contributed by atoms with van der Waals surface area (Å²) in [4.78, 5) is 2.73. The largest absolute Gasteiger partial charge is 0.314 e. The van der Waals surface area contributed by atoms with Crippen LogP contribution in [0.5, 0.6) is 0 Å². The van der Waals surface area contributed by atoms with Gasteiger partial charge in [-0.05, 0) is 56.5 Å². The van der Waals surface area contributed by atoms with Crippen LogP contribution in [0, 0.1) is 11.3 Å².